The van der Waals surface area contributed by atoms with Crippen molar-refractivity contribution in [2.75, 3.05) is 20.1 Å². The van der Waals surface area contributed by atoms with E-state index in [0.29, 0.717) is 23.1 Å². The second kappa shape index (κ2) is 38.4. The van der Waals surface area contributed by atoms with Crippen LogP contribution in [0.15, 0.2) is 146 Å². The van der Waals surface area contributed by atoms with Gasteiger partial charge in [0, 0.05) is 98.8 Å². The fraction of sp³-hybridized carbons (Fsp3) is 0.387. The van der Waals surface area contributed by atoms with Gasteiger partial charge in [-0.25, -0.2) is 4.79 Å². The highest BCUT2D eigenvalue weighted by Crippen LogP contribution is 2.26. The lowest BCUT2D eigenvalue weighted by molar-refractivity contribution is -0.138. The Labute approximate surface area is 586 Å². The molecule has 7 aromatic rings. The average Bonchev–Trinajstić information content (AvgIpc) is 1.72. The summed E-state index contributed by atoms with van der Waals surface area (Å²) in [7, 11) is 1.57. The standard InChI is InChI=1S/C75H93N13O13/c1-44(2)31-60(65(92)36-50(21-16-30-79-74(77)78-5)71(98)87-64(70(76)97)35-53-42-81-59-25-15-13-23-56(53)59)88-75(101)83-43-68(95)62(32-47-17-8-6-9-18-47)86-73(100)57(45(3)89)38-67(94)63(39-69(96)82-40-49-19-10-7-11-20-49)85-72(99)51(34-52-41-80-58-24-14-12-22-55(52)58)37-66(93)61(84-46(4)90)33-48-26-28-54(91)29-27-48/h6-15,17-20,22-29,41-42,44-45,50-51,57,60-64,80-81,89,91H,16,21,30-40,43H2,1-5H3,(H2,76,97)(H,82,96)(H,84,90)(H,85,99)(H,86,100)(H,87,98)(H3,77,78,79)(H2,83,88,101)/t45-,50-,51+,57+,60+,61-,62+,63+,64+/m1/s1. The summed E-state index contributed by atoms with van der Waals surface area (Å²) >= 11 is 0. The van der Waals surface area contributed by atoms with E-state index in [0.717, 1.165) is 32.9 Å². The number of aromatic hydroxyl groups is 1. The summed E-state index contributed by atoms with van der Waals surface area (Å²) in [6.07, 6.45) is 0.00689. The number of phenols is 1. The number of hydrogen-bond acceptors (Lipinski definition) is 14. The lowest BCUT2D eigenvalue weighted by Gasteiger charge is -2.27. The Bertz CT molecular complexity index is 4010. The number of carbonyl (C=O) groups is 11. The van der Waals surface area contributed by atoms with Crippen molar-refractivity contribution in [2.45, 2.75) is 141 Å². The molecule has 0 radical (unpaired) electrons. The van der Waals surface area contributed by atoms with Crippen LogP contribution in [0.25, 0.3) is 21.8 Å². The minimum absolute atomic E-state index is 0.00554. The SMILES string of the molecule is CNC(=N)NCCC[C@H](CC(=O)[C@H](CC(C)C)NC(=O)NCC(=O)[C@H](Cc1ccccc1)NC(=O)[C@@H](CC(=O)[C@H](CC(=O)NCc1ccccc1)NC(=O)[C@H](CC(=O)[C@@H](Cc1ccc(O)cc1)NC(C)=O)Cc1c[nH]c2ccccc12)[C@@H](C)O)C(=O)N[C@@H](Cc1c[nH]c2ccccc12)C(N)=O. The molecule has 2 aromatic heterocycles. The minimum atomic E-state index is -1.66. The fourth-order valence-corrected chi connectivity index (χ4v) is 12.0. The highest BCUT2D eigenvalue weighted by atomic mass is 16.3. The number of ketones is 4. The van der Waals surface area contributed by atoms with Crippen LogP contribution in [0.3, 0.4) is 0 Å². The molecule has 9 atom stereocenters. The van der Waals surface area contributed by atoms with E-state index in [1.807, 2.05) is 56.3 Å². The van der Waals surface area contributed by atoms with E-state index < -0.39 is 144 Å². The number of phenolic OH excluding ortho intramolecular Hbond substituents is 1. The highest BCUT2D eigenvalue weighted by Gasteiger charge is 2.37. The number of primary amides is 1. The van der Waals surface area contributed by atoms with Gasteiger partial charge in [-0.1, -0.05) is 123 Å². The second-order valence-electron chi connectivity index (χ2n) is 25.9. The Balaban J connectivity index is 1.08. The summed E-state index contributed by atoms with van der Waals surface area (Å²) < 4.78 is 0. The lowest BCUT2D eigenvalue weighted by atomic mass is 9.88. The van der Waals surface area contributed by atoms with Crippen molar-refractivity contribution < 1.29 is 63.0 Å². The van der Waals surface area contributed by atoms with Crippen LogP contribution in [-0.2, 0) is 80.2 Å². The number of fused-ring (bicyclic) bond motifs is 2. The van der Waals surface area contributed by atoms with E-state index in [9.17, 15) is 63.0 Å². The number of amides is 8. The average molecular weight is 1380 g/mol. The Morgan fingerprint density at radius 1 is 0.515 bits per heavy atom. The van der Waals surface area contributed by atoms with Crippen LogP contribution >= 0.6 is 0 Å². The van der Waals surface area contributed by atoms with Crippen LogP contribution in [0.1, 0.15) is 100 Å². The van der Waals surface area contributed by atoms with E-state index in [1.54, 1.807) is 98.3 Å². The molecule has 0 unspecified atom stereocenters. The summed E-state index contributed by atoms with van der Waals surface area (Å²) in [5, 5.41) is 55.2. The van der Waals surface area contributed by atoms with Gasteiger partial charge in [-0.05, 0) is 103 Å². The third-order valence-corrected chi connectivity index (χ3v) is 17.5. The molecule has 0 aliphatic heterocycles. The first-order chi connectivity index (χ1) is 48.3. The molecule has 26 heteroatoms. The zero-order valence-corrected chi connectivity index (χ0v) is 57.5. The third-order valence-electron chi connectivity index (χ3n) is 17.5. The first-order valence-corrected chi connectivity index (χ1v) is 33.9. The summed E-state index contributed by atoms with van der Waals surface area (Å²) in [5.74, 6) is -11.1. The van der Waals surface area contributed by atoms with E-state index in [1.165, 1.54) is 26.0 Å². The zero-order valence-electron chi connectivity index (χ0n) is 57.5. The number of rotatable bonds is 40. The molecule has 0 saturated heterocycles. The predicted molar refractivity (Wildman–Crippen MR) is 381 cm³/mol. The molecule has 2 heterocycles. The smallest absolute Gasteiger partial charge is 0.315 e. The molecule has 16 N–H and O–H groups in total. The molecule has 0 saturated carbocycles. The molecule has 0 aliphatic carbocycles. The number of aliphatic hydroxyl groups is 1. The maximum absolute atomic E-state index is 15.0. The number of aromatic amines is 2. The van der Waals surface area contributed by atoms with Gasteiger partial charge in [-0.15, -0.1) is 0 Å². The molecule has 5 aromatic carbocycles. The zero-order chi connectivity index (χ0) is 73.1. The van der Waals surface area contributed by atoms with Crippen LogP contribution in [0.2, 0.25) is 0 Å². The summed E-state index contributed by atoms with van der Waals surface area (Å²) in [6, 6.07) is 30.8. The van der Waals surface area contributed by atoms with Gasteiger partial charge in [0.05, 0.1) is 49.2 Å². The normalized spacial score (nSPS) is 13.9. The van der Waals surface area contributed by atoms with E-state index in [2.05, 4.69) is 57.8 Å². The topological polar surface area (TPSA) is 418 Å². The first-order valence-electron chi connectivity index (χ1n) is 33.9. The number of nitrogens with two attached hydrogens (primary N) is 1. The molecular weight excluding hydrogens is 1290 g/mol. The molecule has 0 aliphatic rings. The number of H-pyrrole nitrogens is 2. The number of carbonyl (C=O) groups excluding carboxylic acids is 11. The second-order valence-corrected chi connectivity index (χ2v) is 25.9. The number of para-hydroxylation sites is 2. The maximum Gasteiger partial charge on any atom is 0.315 e. The Hall–Kier alpha value is -11.0. The van der Waals surface area contributed by atoms with Gasteiger partial charge in [0.2, 0.25) is 35.4 Å². The molecule has 101 heavy (non-hydrogen) atoms. The van der Waals surface area contributed by atoms with Gasteiger partial charge < -0.3 is 73.8 Å². The molecule has 0 spiro atoms. The fourth-order valence-electron chi connectivity index (χ4n) is 12.0. The quantitative estimate of drug-likeness (QED) is 0.0141. The van der Waals surface area contributed by atoms with E-state index in [-0.39, 0.29) is 75.7 Å². The molecular formula is C75H93N13O13. The van der Waals surface area contributed by atoms with Crippen LogP contribution in [0, 0.1) is 29.1 Å². The Morgan fingerprint density at radius 3 is 1.61 bits per heavy atom. The number of urea groups is 1. The first kappa shape index (κ1) is 77.3. The summed E-state index contributed by atoms with van der Waals surface area (Å²) in [5.41, 5.74) is 10.7. The van der Waals surface area contributed by atoms with Gasteiger partial charge in [-0.3, -0.25) is 53.4 Å². The largest absolute Gasteiger partial charge is 0.508 e. The van der Waals surface area contributed by atoms with Crippen LogP contribution < -0.4 is 53.6 Å². The summed E-state index contributed by atoms with van der Waals surface area (Å²) in [4.78, 5) is 162. The van der Waals surface area contributed by atoms with Gasteiger partial charge in [0.1, 0.15) is 11.8 Å². The lowest BCUT2D eigenvalue weighted by Crippen LogP contribution is -2.53. The van der Waals surface area contributed by atoms with Crippen LogP contribution in [-0.4, -0.2) is 147 Å². The molecule has 0 bridgehead atoms. The minimum Gasteiger partial charge on any atom is -0.508 e. The monoisotopic (exact) mass is 1380 g/mol. The molecule has 0 fully saturated rings. The predicted octanol–water partition coefficient (Wildman–Crippen LogP) is 4.69. The Morgan fingerprint density at radius 2 is 1.03 bits per heavy atom. The highest BCUT2D eigenvalue weighted by molar-refractivity contribution is 6.00. The number of aliphatic hydroxyl groups excluding tert-OH is 1. The number of hydrogen-bond donors (Lipinski definition) is 15. The van der Waals surface area contributed by atoms with Gasteiger partial charge >= 0.3 is 6.03 Å². The van der Waals surface area contributed by atoms with Gasteiger partial charge in [0.25, 0.3) is 0 Å². The Kier molecular flexibility index (Phi) is 29.4. The number of benzene rings is 5. The van der Waals surface area contributed by atoms with Crippen molar-refractivity contribution in [3.8, 4) is 5.75 Å². The number of nitrogens with one attached hydrogen (secondary N) is 12. The van der Waals surface area contributed by atoms with E-state index in [4.69, 9.17) is 11.1 Å². The maximum atomic E-state index is 15.0. The van der Waals surface area contributed by atoms with Crippen LogP contribution in [0.4, 0.5) is 4.79 Å². The molecule has 7 rings (SSSR count). The van der Waals surface area contributed by atoms with Crippen LogP contribution in [0.5, 0.6) is 5.75 Å². The molecule has 8 amide bonds. The van der Waals surface area contributed by atoms with Crippen molar-refractivity contribution in [3.05, 3.63) is 174 Å². The summed E-state index contributed by atoms with van der Waals surface area (Å²) in [6.45, 7) is 5.75. The van der Waals surface area contributed by atoms with Crippen molar-refractivity contribution >= 4 is 92.4 Å². The van der Waals surface area contributed by atoms with E-state index >= 15 is 0 Å². The van der Waals surface area contributed by atoms with Gasteiger partial charge in [0.15, 0.2) is 29.1 Å². The molecule has 26 nitrogen and oxygen atoms in total. The molecule has 536 valence electrons. The van der Waals surface area contributed by atoms with Crippen molar-refractivity contribution in [1.29, 1.82) is 5.41 Å². The van der Waals surface area contributed by atoms with Crippen molar-refractivity contribution in [2.24, 2.45) is 29.4 Å². The van der Waals surface area contributed by atoms with Crippen molar-refractivity contribution in [1.82, 2.24) is 57.8 Å². The third kappa shape index (κ3) is 24.4. The van der Waals surface area contributed by atoms with Gasteiger partial charge in [-0.2, -0.15) is 0 Å². The number of guanidine groups is 1. The number of Topliss-reactive ketones (excluding diaryl/α,β-unsaturated/α-hetero) is 4. The number of aromatic nitrogens is 2. The van der Waals surface area contributed by atoms with Crippen molar-refractivity contribution in [3.63, 3.8) is 0 Å².